The maximum absolute atomic E-state index is 4.72. The SMILES string of the molecule is CCNC(=NCc1csc(N(C)C)n1)NC1CCN(C2CC2)CC1.I. The molecule has 2 aliphatic rings. The molecule has 6 nitrogen and oxygen atoms in total. The van der Waals surface area contributed by atoms with Crippen LogP contribution in [0, 0.1) is 0 Å². The summed E-state index contributed by atoms with van der Waals surface area (Å²) in [6.07, 6.45) is 5.24. The fourth-order valence-electron chi connectivity index (χ4n) is 3.10. The summed E-state index contributed by atoms with van der Waals surface area (Å²) in [5.41, 5.74) is 1.03. The van der Waals surface area contributed by atoms with E-state index < -0.39 is 0 Å². The third-order valence-electron chi connectivity index (χ3n) is 4.60. The number of likely N-dealkylation sites (tertiary alicyclic amines) is 1. The van der Waals surface area contributed by atoms with Gasteiger partial charge in [-0.05, 0) is 32.6 Å². The predicted molar refractivity (Wildman–Crippen MR) is 117 cm³/mol. The van der Waals surface area contributed by atoms with Crippen molar-refractivity contribution < 1.29 is 0 Å². The lowest BCUT2D eigenvalue weighted by atomic mass is 10.1. The van der Waals surface area contributed by atoms with Crippen LogP contribution in [0.3, 0.4) is 0 Å². The van der Waals surface area contributed by atoms with E-state index in [4.69, 9.17) is 4.99 Å². The maximum atomic E-state index is 4.72. The van der Waals surface area contributed by atoms with E-state index in [0.29, 0.717) is 12.6 Å². The Morgan fingerprint density at radius 2 is 2.04 bits per heavy atom. The monoisotopic (exact) mass is 478 g/mol. The number of aliphatic imine (C=N–C) groups is 1. The molecule has 2 fully saturated rings. The van der Waals surface area contributed by atoms with Gasteiger partial charge in [0, 0.05) is 51.2 Å². The van der Waals surface area contributed by atoms with Gasteiger partial charge in [0.2, 0.25) is 0 Å². The van der Waals surface area contributed by atoms with Crippen LogP contribution >= 0.6 is 35.3 Å². The van der Waals surface area contributed by atoms with E-state index in [-0.39, 0.29) is 24.0 Å². The lowest BCUT2D eigenvalue weighted by Gasteiger charge is -2.33. The van der Waals surface area contributed by atoms with Crippen LogP contribution in [0.15, 0.2) is 10.4 Å². The van der Waals surface area contributed by atoms with Gasteiger partial charge < -0.3 is 20.4 Å². The summed E-state index contributed by atoms with van der Waals surface area (Å²) in [7, 11) is 4.04. The zero-order valence-electron chi connectivity index (χ0n) is 15.5. The molecular formula is C17H31IN6S. The quantitative estimate of drug-likeness (QED) is 0.374. The van der Waals surface area contributed by atoms with Gasteiger partial charge >= 0.3 is 0 Å². The fourth-order valence-corrected chi connectivity index (χ4v) is 3.85. The largest absolute Gasteiger partial charge is 0.357 e. The normalized spacial score (nSPS) is 19.4. The Labute approximate surface area is 172 Å². The molecule has 1 saturated heterocycles. The number of nitrogens with zero attached hydrogens (tertiary/aromatic N) is 4. The standard InChI is InChI=1S/C17H30N6S.HI/c1-4-18-16(19-11-14-12-24-17(21-14)22(2)3)20-13-7-9-23(10-8-13)15-5-6-15;/h12-13,15H,4-11H2,1-3H3,(H2,18,19,20);1H. The minimum Gasteiger partial charge on any atom is -0.357 e. The molecule has 0 amide bonds. The molecule has 2 N–H and O–H groups in total. The number of hydrogen-bond acceptors (Lipinski definition) is 5. The molecule has 0 spiro atoms. The smallest absolute Gasteiger partial charge is 0.191 e. The Morgan fingerprint density at radius 3 is 2.60 bits per heavy atom. The van der Waals surface area contributed by atoms with Crippen LogP contribution in [0.25, 0.3) is 0 Å². The van der Waals surface area contributed by atoms with Gasteiger partial charge in [0.1, 0.15) is 0 Å². The molecule has 1 aromatic rings. The highest BCUT2D eigenvalue weighted by molar-refractivity contribution is 14.0. The van der Waals surface area contributed by atoms with Crippen LogP contribution < -0.4 is 15.5 Å². The third-order valence-corrected chi connectivity index (χ3v) is 5.66. The number of piperidine rings is 1. The minimum atomic E-state index is 0. The Morgan fingerprint density at radius 1 is 1.32 bits per heavy atom. The number of rotatable bonds is 6. The number of aromatic nitrogens is 1. The highest BCUT2D eigenvalue weighted by Gasteiger charge is 2.31. The highest BCUT2D eigenvalue weighted by atomic mass is 127. The van der Waals surface area contributed by atoms with Gasteiger partial charge in [-0.15, -0.1) is 35.3 Å². The molecule has 0 bridgehead atoms. The number of thiazole rings is 1. The van der Waals surface area contributed by atoms with Crippen molar-refractivity contribution in [2.24, 2.45) is 4.99 Å². The molecule has 1 aromatic heterocycles. The predicted octanol–water partition coefficient (Wildman–Crippen LogP) is 2.51. The van der Waals surface area contributed by atoms with E-state index >= 15 is 0 Å². The van der Waals surface area contributed by atoms with Gasteiger partial charge in [0.25, 0.3) is 0 Å². The Kier molecular flexibility index (Phi) is 8.21. The number of anilines is 1. The number of guanidine groups is 1. The average Bonchev–Trinajstić information content (AvgIpc) is 3.31. The lowest BCUT2D eigenvalue weighted by molar-refractivity contribution is 0.197. The third kappa shape index (κ3) is 6.25. The second-order valence-electron chi connectivity index (χ2n) is 6.90. The molecular weight excluding hydrogens is 447 g/mol. The van der Waals surface area contributed by atoms with Crippen LogP contribution in [-0.2, 0) is 6.54 Å². The molecule has 0 unspecified atom stereocenters. The molecule has 2 heterocycles. The van der Waals surface area contributed by atoms with E-state index in [0.717, 1.165) is 29.4 Å². The summed E-state index contributed by atoms with van der Waals surface area (Å²) in [4.78, 5) is 14.0. The molecule has 0 atom stereocenters. The van der Waals surface area contributed by atoms with Crippen molar-refractivity contribution in [1.82, 2.24) is 20.5 Å². The summed E-state index contributed by atoms with van der Waals surface area (Å²) >= 11 is 1.67. The van der Waals surface area contributed by atoms with Crippen LogP contribution in [0.2, 0.25) is 0 Å². The molecule has 142 valence electrons. The molecule has 8 heteroatoms. The number of nitrogens with one attached hydrogen (secondary N) is 2. The molecule has 25 heavy (non-hydrogen) atoms. The van der Waals surface area contributed by atoms with Gasteiger partial charge in [-0.1, -0.05) is 0 Å². The molecule has 1 aliphatic carbocycles. The van der Waals surface area contributed by atoms with Crippen molar-refractivity contribution >= 4 is 46.4 Å². The van der Waals surface area contributed by atoms with Crippen LogP contribution in [-0.4, -0.2) is 61.7 Å². The summed E-state index contributed by atoms with van der Waals surface area (Å²) in [5, 5.41) is 10.1. The summed E-state index contributed by atoms with van der Waals surface area (Å²) < 4.78 is 0. The summed E-state index contributed by atoms with van der Waals surface area (Å²) in [6, 6.07) is 1.42. The van der Waals surface area contributed by atoms with Crippen LogP contribution in [0.1, 0.15) is 38.3 Å². The van der Waals surface area contributed by atoms with E-state index in [9.17, 15) is 0 Å². The van der Waals surface area contributed by atoms with Gasteiger partial charge in [-0.25, -0.2) is 9.98 Å². The Bertz CT molecular complexity index is 549. The van der Waals surface area contributed by atoms with Crippen molar-refractivity contribution in [1.29, 1.82) is 0 Å². The molecule has 1 aliphatic heterocycles. The second kappa shape index (κ2) is 9.91. The Balaban J connectivity index is 0.00000225. The number of halogens is 1. The first-order valence-corrected chi connectivity index (χ1v) is 9.94. The zero-order chi connectivity index (χ0) is 16.9. The van der Waals surface area contributed by atoms with E-state index in [2.05, 4.69) is 32.8 Å². The van der Waals surface area contributed by atoms with Crippen molar-refractivity contribution in [3.05, 3.63) is 11.1 Å². The second-order valence-corrected chi connectivity index (χ2v) is 7.73. The van der Waals surface area contributed by atoms with Gasteiger partial charge in [-0.2, -0.15) is 0 Å². The summed E-state index contributed by atoms with van der Waals surface area (Å²) in [6.45, 7) is 6.06. The molecule has 1 saturated carbocycles. The van der Waals surface area contributed by atoms with E-state index in [1.807, 2.05) is 19.0 Å². The molecule has 0 aromatic carbocycles. The number of hydrogen-bond donors (Lipinski definition) is 2. The molecule has 0 radical (unpaired) electrons. The van der Waals surface area contributed by atoms with Gasteiger partial charge in [0.05, 0.1) is 12.2 Å². The highest BCUT2D eigenvalue weighted by Crippen LogP contribution is 2.29. The first-order chi connectivity index (χ1) is 11.7. The van der Waals surface area contributed by atoms with Crippen molar-refractivity contribution in [2.45, 2.75) is 51.2 Å². The molecule has 3 rings (SSSR count). The van der Waals surface area contributed by atoms with Crippen molar-refractivity contribution in [3.63, 3.8) is 0 Å². The van der Waals surface area contributed by atoms with E-state index in [1.165, 1.54) is 38.8 Å². The van der Waals surface area contributed by atoms with Crippen molar-refractivity contribution in [3.8, 4) is 0 Å². The first kappa shape index (κ1) is 20.7. The fraction of sp³-hybridized carbons (Fsp3) is 0.765. The first-order valence-electron chi connectivity index (χ1n) is 9.06. The maximum Gasteiger partial charge on any atom is 0.191 e. The van der Waals surface area contributed by atoms with Crippen molar-refractivity contribution in [2.75, 3.05) is 38.6 Å². The average molecular weight is 478 g/mol. The summed E-state index contributed by atoms with van der Waals surface area (Å²) in [5.74, 6) is 0.918. The van der Waals surface area contributed by atoms with Crippen LogP contribution in [0.4, 0.5) is 5.13 Å². The van der Waals surface area contributed by atoms with Gasteiger partial charge in [-0.3, -0.25) is 0 Å². The Hall–Kier alpha value is -0.610. The minimum absolute atomic E-state index is 0. The topological polar surface area (TPSA) is 55.8 Å². The van der Waals surface area contributed by atoms with Gasteiger partial charge in [0.15, 0.2) is 11.1 Å². The lowest BCUT2D eigenvalue weighted by Crippen LogP contribution is -2.49. The zero-order valence-corrected chi connectivity index (χ0v) is 18.6. The van der Waals surface area contributed by atoms with E-state index in [1.54, 1.807) is 11.3 Å². The van der Waals surface area contributed by atoms with Crippen LogP contribution in [0.5, 0.6) is 0 Å².